The van der Waals surface area contributed by atoms with E-state index >= 15 is 0 Å². The van der Waals surface area contributed by atoms with Crippen molar-refractivity contribution in [1.29, 1.82) is 0 Å². The van der Waals surface area contributed by atoms with Gasteiger partial charge >= 0.3 is 0 Å². The number of aliphatic hydroxyl groups excluding tert-OH is 1. The molecule has 104 valence electrons. The lowest BCUT2D eigenvalue weighted by Crippen LogP contribution is -2.37. The number of aliphatic hydroxyl groups is 1. The normalized spacial score (nSPS) is 20.9. The minimum Gasteiger partial charge on any atom is -0.396 e. The van der Waals surface area contributed by atoms with Gasteiger partial charge in [0.15, 0.2) is 0 Å². The van der Waals surface area contributed by atoms with Crippen LogP contribution in [0, 0.1) is 5.92 Å². The summed E-state index contributed by atoms with van der Waals surface area (Å²) >= 11 is 0. The van der Waals surface area contributed by atoms with E-state index in [0.29, 0.717) is 18.4 Å². The van der Waals surface area contributed by atoms with E-state index < -0.39 is 0 Å². The third kappa shape index (κ3) is 4.27. The first kappa shape index (κ1) is 13.9. The highest BCUT2D eigenvalue weighted by Gasteiger charge is 2.33. The minimum absolute atomic E-state index is 0.208. The number of nitrogens with zero attached hydrogens (tertiary/aromatic N) is 1. The molecule has 1 N–H and O–H groups in total. The van der Waals surface area contributed by atoms with Gasteiger partial charge in [-0.05, 0) is 44.4 Å². The van der Waals surface area contributed by atoms with Crippen molar-refractivity contribution in [1.82, 2.24) is 4.90 Å². The number of hydrogen-bond acceptors (Lipinski definition) is 2. The van der Waals surface area contributed by atoms with E-state index in [1.807, 2.05) is 0 Å². The van der Waals surface area contributed by atoms with E-state index in [2.05, 4.69) is 4.90 Å². The maximum absolute atomic E-state index is 12.2. The molecule has 3 heteroatoms. The Balaban J connectivity index is 1.77. The van der Waals surface area contributed by atoms with Gasteiger partial charge in [-0.1, -0.05) is 19.3 Å². The van der Waals surface area contributed by atoms with Crippen LogP contribution in [-0.4, -0.2) is 35.1 Å². The Bertz CT molecular complexity index is 257. The molecule has 3 nitrogen and oxygen atoms in total. The number of rotatable bonds is 7. The van der Waals surface area contributed by atoms with Gasteiger partial charge in [0, 0.05) is 25.6 Å². The standard InChI is InChI=1S/C15H27NO2/c17-11-5-4-8-15(18)16(14-9-10-14)12-13-6-2-1-3-7-13/h13-14,17H,1-12H2. The second-order valence-corrected chi connectivity index (χ2v) is 5.96. The van der Waals surface area contributed by atoms with E-state index in [1.165, 1.54) is 44.9 Å². The lowest BCUT2D eigenvalue weighted by Gasteiger charge is -2.30. The van der Waals surface area contributed by atoms with Gasteiger partial charge in [-0.2, -0.15) is 0 Å². The predicted molar refractivity (Wildman–Crippen MR) is 72.2 cm³/mol. The molecule has 0 bridgehead atoms. The second-order valence-electron chi connectivity index (χ2n) is 5.96. The molecule has 2 saturated carbocycles. The molecule has 2 fully saturated rings. The summed E-state index contributed by atoms with van der Waals surface area (Å²) in [6.45, 7) is 1.21. The highest BCUT2D eigenvalue weighted by molar-refractivity contribution is 5.76. The van der Waals surface area contributed by atoms with E-state index in [9.17, 15) is 4.79 Å². The fraction of sp³-hybridized carbons (Fsp3) is 0.933. The Morgan fingerprint density at radius 3 is 2.39 bits per heavy atom. The fourth-order valence-electron chi connectivity index (χ4n) is 3.02. The largest absolute Gasteiger partial charge is 0.396 e. The maximum atomic E-state index is 12.2. The number of unbranched alkanes of at least 4 members (excludes halogenated alkanes) is 1. The molecule has 0 heterocycles. The Labute approximate surface area is 111 Å². The molecule has 2 rings (SSSR count). The van der Waals surface area contributed by atoms with Gasteiger partial charge in [0.2, 0.25) is 5.91 Å². The van der Waals surface area contributed by atoms with Gasteiger partial charge in [-0.25, -0.2) is 0 Å². The molecule has 2 aliphatic rings. The summed E-state index contributed by atoms with van der Waals surface area (Å²) in [5, 5.41) is 8.78. The summed E-state index contributed by atoms with van der Waals surface area (Å²) in [4.78, 5) is 14.4. The first-order valence-corrected chi connectivity index (χ1v) is 7.71. The van der Waals surface area contributed by atoms with Crippen molar-refractivity contribution < 1.29 is 9.90 Å². The molecule has 0 radical (unpaired) electrons. The molecular formula is C15H27NO2. The van der Waals surface area contributed by atoms with Crippen molar-refractivity contribution in [2.45, 2.75) is 70.3 Å². The first-order valence-electron chi connectivity index (χ1n) is 7.71. The van der Waals surface area contributed by atoms with Gasteiger partial charge in [-0.3, -0.25) is 4.79 Å². The predicted octanol–water partition coefficient (Wildman–Crippen LogP) is 2.72. The molecule has 2 aliphatic carbocycles. The van der Waals surface area contributed by atoms with Crippen LogP contribution in [-0.2, 0) is 4.79 Å². The van der Waals surface area contributed by atoms with Crippen LogP contribution < -0.4 is 0 Å². The zero-order chi connectivity index (χ0) is 12.8. The Morgan fingerprint density at radius 1 is 1.06 bits per heavy atom. The quantitative estimate of drug-likeness (QED) is 0.709. The van der Waals surface area contributed by atoms with E-state index in [1.54, 1.807) is 0 Å². The molecule has 18 heavy (non-hydrogen) atoms. The monoisotopic (exact) mass is 253 g/mol. The van der Waals surface area contributed by atoms with Crippen molar-refractivity contribution in [2.24, 2.45) is 5.92 Å². The molecule has 1 amide bonds. The van der Waals surface area contributed by atoms with Crippen molar-refractivity contribution in [3.8, 4) is 0 Å². The van der Waals surface area contributed by atoms with Crippen LogP contribution >= 0.6 is 0 Å². The molecule has 0 aromatic rings. The molecule has 0 saturated heterocycles. The topological polar surface area (TPSA) is 40.5 Å². The highest BCUT2D eigenvalue weighted by Crippen LogP contribution is 2.31. The average molecular weight is 253 g/mol. The lowest BCUT2D eigenvalue weighted by molar-refractivity contribution is -0.132. The van der Waals surface area contributed by atoms with Crippen LogP contribution in [0.25, 0.3) is 0 Å². The molecule has 0 spiro atoms. The summed E-state index contributed by atoms with van der Waals surface area (Å²) in [6, 6.07) is 0.550. The maximum Gasteiger partial charge on any atom is 0.222 e. The second kappa shape index (κ2) is 7.13. The summed E-state index contributed by atoms with van der Waals surface area (Å²) < 4.78 is 0. The Kier molecular flexibility index (Phi) is 5.48. The van der Waals surface area contributed by atoms with Crippen molar-refractivity contribution in [3.63, 3.8) is 0 Å². The summed E-state index contributed by atoms with van der Waals surface area (Å²) in [5.74, 6) is 1.08. The number of carbonyl (C=O) groups is 1. The van der Waals surface area contributed by atoms with E-state index in [-0.39, 0.29) is 6.61 Å². The highest BCUT2D eigenvalue weighted by atomic mass is 16.3. The van der Waals surface area contributed by atoms with Crippen LogP contribution in [0.1, 0.15) is 64.2 Å². The number of hydrogen-bond donors (Lipinski definition) is 1. The summed E-state index contributed by atoms with van der Waals surface area (Å²) in [6.07, 6.45) is 11.3. The Morgan fingerprint density at radius 2 is 1.78 bits per heavy atom. The van der Waals surface area contributed by atoms with Crippen LogP contribution in [0.15, 0.2) is 0 Å². The third-order valence-electron chi connectivity index (χ3n) is 4.29. The van der Waals surface area contributed by atoms with Gasteiger partial charge in [0.1, 0.15) is 0 Å². The van der Waals surface area contributed by atoms with Gasteiger partial charge in [0.05, 0.1) is 0 Å². The van der Waals surface area contributed by atoms with E-state index in [0.717, 1.165) is 25.3 Å². The van der Waals surface area contributed by atoms with Gasteiger partial charge < -0.3 is 10.0 Å². The summed E-state index contributed by atoms with van der Waals surface area (Å²) in [5.41, 5.74) is 0. The zero-order valence-electron chi connectivity index (χ0n) is 11.4. The van der Waals surface area contributed by atoms with Crippen LogP contribution in [0.4, 0.5) is 0 Å². The van der Waals surface area contributed by atoms with Crippen LogP contribution in [0.5, 0.6) is 0 Å². The molecular weight excluding hydrogens is 226 g/mol. The molecule has 0 atom stereocenters. The fourth-order valence-corrected chi connectivity index (χ4v) is 3.02. The number of amides is 1. The van der Waals surface area contributed by atoms with Gasteiger partial charge in [-0.15, -0.1) is 0 Å². The van der Waals surface area contributed by atoms with Crippen molar-refractivity contribution >= 4 is 5.91 Å². The molecule has 0 unspecified atom stereocenters. The van der Waals surface area contributed by atoms with Crippen LogP contribution in [0.2, 0.25) is 0 Å². The molecule has 0 aromatic heterocycles. The number of carbonyl (C=O) groups excluding carboxylic acids is 1. The smallest absolute Gasteiger partial charge is 0.222 e. The molecule has 0 aliphatic heterocycles. The van der Waals surface area contributed by atoms with Gasteiger partial charge in [0.25, 0.3) is 0 Å². The third-order valence-corrected chi connectivity index (χ3v) is 4.29. The average Bonchev–Trinajstić information content (AvgIpc) is 3.21. The first-order chi connectivity index (χ1) is 8.81. The van der Waals surface area contributed by atoms with Crippen molar-refractivity contribution in [2.75, 3.05) is 13.2 Å². The Hall–Kier alpha value is -0.570. The van der Waals surface area contributed by atoms with Crippen LogP contribution in [0.3, 0.4) is 0 Å². The molecule has 0 aromatic carbocycles. The summed E-state index contributed by atoms with van der Waals surface area (Å²) in [7, 11) is 0. The minimum atomic E-state index is 0.208. The van der Waals surface area contributed by atoms with Crippen molar-refractivity contribution in [3.05, 3.63) is 0 Å². The van der Waals surface area contributed by atoms with E-state index in [4.69, 9.17) is 5.11 Å². The zero-order valence-corrected chi connectivity index (χ0v) is 11.4. The lowest BCUT2D eigenvalue weighted by atomic mass is 9.89. The SMILES string of the molecule is O=C(CCCCO)N(CC1CCCCC1)C1CC1.